The normalized spacial score (nSPS) is 12.0. The lowest BCUT2D eigenvalue weighted by Crippen LogP contribution is -2.35. The van der Waals surface area contributed by atoms with Crippen LogP contribution < -0.4 is 14.2 Å². The molecule has 0 aliphatic rings. The summed E-state index contributed by atoms with van der Waals surface area (Å²) in [4.78, 5) is 2.12. The lowest BCUT2D eigenvalue weighted by molar-refractivity contribution is 0.0602. The standard InChI is InChI=1S/C24H29NO5/c1-18-7-4-5-9-22(18)30-17-20(26)15-25(16-21-8-6-12-29-21)14-19-10-11-23(27-2)24(13-19)28-3/h4-13,20,26H,14-17H2,1-3H3/t20-/m1/s1. The van der Waals surface area contributed by atoms with Gasteiger partial charge >= 0.3 is 0 Å². The number of para-hydroxylation sites is 1. The number of aryl methyl sites for hydroxylation is 1. The van der Waals surface area contributed by atoms with Crippen molar-refractivity contribution in [3.05, 3.63) is 77.7 Å². The minimum Gasteiger partial charge on any atom is -0.493 e. The predicted octanol–water partition coefficient (Wildman–Crippen LogP) is 4.05. The van der Waals surface area contributed by atoms with Crippen LogP contribution in [0.15, 0.2) is 65.3 Å². The minimum absolute atomic E-state index is 0.214. The Bertz CT molecular complexity index is 910. The lowest BCUT2D eigenvalue weighted by Gasteiger charge is -2.25. The third-order valence-electron chi connectivity index (χ3n) is 4.81. The summed E-state index contributed by atoms with van der Waals surface area (Å²) in [6.07, 6.45) is 1.00. The van der Waals surface area contributed by atoms with Gasteiger partial charge in [-0.3, -0.25) is 4.90 Å². The number of hydrogen-bond acceptors (Lipinski definition) is 6. The SMILES string of the molecule is COc1ccc(CN(Cc2ccco2)C[C@@H](O)COc2ccccc2C)cc1OC. The molecular weight excluding hydrogens is 382 g/mol. The number of ether oxygens (including phenoxy) is 3. The molecule has 160 valence electrons. The second-order valence-electron chi connectivity index (χ2n) is 7.17. The van der Waals surface area contributed by atoms with Crippen LogP contribution in [-0.2, 0) is 13.1 Å². The van der Waals surface area contributed by atoms with Gasteiger partial charge in [0.2, 0.25) is 0 Å². The van der Waals surface area contributed by atoms with E-state index < -0.39 is 6.10 Å². The van der Waals surface area contributed by atoms with Gasteiger partial charge in [0.1, 0.15) is 24.2 Å². The van der Waals surface area contributed by atoms with E-state index in [1.165, 1.54) is 0 Å². The first-order chi connectivity index (χ1) is 14.6. The molecule has 0 radical (unpaired) electrons. The Hall–Kier alpha value is -2.96. The molecule has 1 aromatic heterocycles. The molecule has 0 aliphatic heterocycles. The fourth-order valence-electron chi connectivity index (χ4n) is 3.30. The third-order valence-corrected chi connectivity index (χ3v) is 4.81. The molecule has 3 rings (SSSR count). The molecule has 30 heavy (non-hydrogen) atoms. The van der Waals surface area contributed by atoms with Gasteiger partial charge in [-0.2, -0.15) is 0 Å². The van der Waals surface area contributed by atoms with Crippen molar-refractivity contribution < 1.29 is 23.7 Å². The van der Waals surface area contributed by atoms with E-state index in [0.717, 1.165) is 22.6 Å². The van der Waals surface area contributed by atoms with Crippen LogP contribution in [0.5, 0.6) is 17.2 Å². The number of methoxy groups -OCH3 is 2. The van der Waals surface area contributed by atoms with Crippen LogP contribution in [0.3, 0.4) is 0 Å². The second-order valence-corrected chi connectivity index (χ2v) is 7.17. The Balaban J connectivity index is 1.67. The summed E-state index contributed by atoms with van der Waals surface area (Å²) in [6, 6.07) is 17.4. The van der Waals surface area contributed by atoms with E-state index in [2.05, 4.69) is 4.90 Å². The average molecular weight is 411 g/mol. The van der Waals surface area contributed by atoms with Gasteiger partial charge in [-0.05, 0) is 48.4 Å². The quantitative estimate of drug-likeness (QED) is 0.514. The molecule has 0 aliphatic carbocycles. The van der Waals surface area contributed by atoms with Crippen molar-refractivity contribution >= 4 is 0 Å². The summed E-state index contributed by atoms with van der Waals surface area (Å²) in [6.45, 7) is 3.82. The Morgan fingerprint density at radius 1 is 0.933 bits per heavy atom. The van der Waals surface area contributed by atoms with Crippen molar-refractivity contribution in [1.82, 2.24) is 4.90 Å². The molecule has 0 saturated carbocycles. The lowest BCUT2D eigenvalue weighted by atomic mass is 10.1. The Labute approximate surface area is 177 Å². The van der Waals surface area contributed by atoms with E-state index >= 15 is 0 Å². The Kier molecular flexibility index (Phi) is 7.76. The number of furan rings is 1. The molecule has 0 spiro atoms. The highest BCUT2D eigenvalue weighted by molar-refractivity contribution is 5.42. The smallest absolute Gasteiger partial charge is 0.161 e. The highest BCUT2D eigenvalue weighted by Crippen LogP contribution is 2.28. The third kappa shape index (κ3) is 6.02. The van der Waals surface area contributed by atoms with E-state index in [0.29, 0.717) is 31.1 Å². The Morgan fingerprint density at radius 3 is 2.43 bits per heavy atom. The van der Waals surface area contributed by atoms with E-state index in [1.807, 2.05) is 61.5 Å². The van der Waals surface area contributed by atoms with Crippen LogP contribution in [0, 0.1) is 6.92 Å². The molecule has 3 aromatic rings. The summed E-state index contributed by atoms with van der Waals surface area (Å²) in [5.41, 5.74) is 2.09. The van der Waals surface area contributed by atoms with Crippen LogP contribution in [0.1, 0.15) is 16.9 Å². The van der Waals surface area contributed by atoms with Gasteiger partial charge in [-0.1, -0.05) is 24.3 Å². The molecule has 1 atom stereocenters. The van der Waals surface area contributed by atoms with Gasteiger partial charge < -0.3 is 23.7 Å². The number of hydrogen-bond donors (Lipinski definition) is 1. The maximum Gasteiger partial charge on any atom is 0.161 e. The number of aliphatic hydroxyl groups is 1. The van der Waals surface area contributed by atoms with E-state index in [4.69, 9.17) is 18.6 Å². The van der Waals surface area contributed by atoms with Crippen LogP contribution in [0.2, 0.25) is 0 Å². The van der Waals surface area contributed by atoms with Gasteiger partial charge in [0.25, 0.3) is 0 Å². The molecule has 1 heterocycles. The summed E-state index contributed by atoms with van der Waals surface area (Å²) in [7, 11) is 3.24. The first-order valence-corrected chi connectivity index (χ1v) is 9.91. The fraction of sp³-hybridized carbons (Fsp3) is 0.333. The first kappa shape index (κ1) is 21.7. The maximum absolute atomic E-state index is 10.6. The molecule has 0 fully saturated rings. The predicted molar refractivity (Wildman–Crippen MR) is 115 cm³/mol. The van der Waals surface area contributed by atoms with Gasteiger partial charge in [0.15, 0.2) is 11.5 Å². The molecule has 2 aromatic carbocycles. The van der Waals surface area contributed by atoms with Gasteiger partial charge in [-0.25, -0.2) is 0 Å². The monoisotopic (exact) mass is 411 g/mol. The topological polar surface area (TPSA) is 64.3 Å². The summed E-state index contributed by atoms with van der Waals surface area (Å²) < 4.78 is 22.1. The highest BCUT2D eigenvalue weighted by Gasteiger charge is 2.16. The van der Waals surface area contributed by atoms with Gasteiger partial charge in [0.05, 0.1) is 27.0 Å². The van der Waals surface area contributed by atoms with E-state index in [-0.39, 0.29) is 6.61 Å². The zero-order chi connectivity index (χ0) is 21.3. The van der Waals surface area contributed by atoms with Crippen LogP contribution in [-0.4, -0.2) is 43.5 Å². The molecule has 0 bridgehead atoms. The molecule has 6 heteroatoms. The van der Waals surface area contributed by atoms with Crippen molar-refractivity contribution in [3.63, 3.8) is 0 Å². The number of rotatable bonds is 11. The summed E-state index contributed by atoms with van der Waals surface area (Å²) >= 11 is 0. The first-order valence-electron chi connectivity index (χ1n) is 9.91. The van der Waals surface area contributed by atoms with Crippen molar-refractivity contribution in [1.29, 1.82) is 0 Å². The summed E-state index contributed by atoms with van der Waals surface area (Å²) in [5, 5.41) is 10.6. The van der Waals surface area contributed by atoms with Gasteiger partial charge in [-0.15, -0.1) is 0 Å². The van der Waals surface area contributed by atoms with E-state index in [1.54, 1.807) is 20.5 Å². The second kappa shape index (κ2) is 10.7. The molecular formula is C24H29NO5. The zero-order valence-corrected chi connectivity index (χ0v) is 17.7. The highest BCUT2D eigenvalue weighted by atomic mass is 16.5. The maximum atomic E-state index is 10.6. The van der Waals surface area contributed by atoms with Crippen molar-refractivity contribution in [2.75, 3.05) is 27.4 Å². The van der Waals surface area contributed by atoms with E-state index in [9.17, 15) is 5.11 Å². The van der Waals surface area contributed by atoms with Crippen LogP contribution in [0.25, 0.3) is 0 Å². The molecule has 0 saturated heterocycles. The molecule has 1 N–H and O–H groups in total. The average Bonchev–Trinajstić information content (AvgIpc) is 3.26. The van der Waals surface area contributed by atoms with Crippen LogP contribution in [0.4, 0.5) is 0 Å². The molecule has 0 amide bonds. The minimum atomic E-state index is -0.653. The van der Waals surface area contributed by atoms with Crippen LogP contribution >= 0.6 is 0 Å². The summed E-state index contributed by atoms with van der Waals surface area (Å²) in [5.74, 6) is 2.98. The fourth-order valence-corrected chi connectivity index (χ4v) is 3.30. The van der Waals surface area contributed by atoms with Gasteiger partial charge in [0, 0.05) is 13.1 Å². The molecule has 0 unspecified atom stereocenters. The zero-order valence-electron chi connectivity index (χ0n) is 17.7. The van der Waals surface area contributed by atoms with Crippen molar-refractivity contribution in [2.45, 2.75) is 26.1 Å². The molecule has 6 nitrogen and oxygen atoms in total. The Morgan fingerprint density at radius 2 is 1.73 bits per heavy atom. The number of nitrogens with zero attached hydrogens (tertiary/aromatic N) is 1. The largest absolute Gasteiger partial charge is 0.493 e. The van der Waals surface area contributed by atoms with Crippen molar-refractivity contribution in [2.24, 2.45) is 0 Å². The number of benzene rings is 2. The number of aliphatic hydroxyl groups excluding tert-OH is 1. The van der Waals surface area contributed by atoms with Crippen molar-refractivity contribution in [3.8, 4) is 17.2 Å².